The van der Waals surface area contributed by atoms with Crippen molar-refractivity contribution in [3.05, 3.63) is 17.5 Å². The number of nitrogens with one attached hydrogen (secondary N) is 2. The summed E-state index contributed by atoms with van der Waals surface area (Å²) in [6, 6.07) is 0.0859. The van der Waals surface area contributed by atoms with Gasteiger partial charge in [0.15, 0.2) is 0 Å². The molecule has 0 spiro atoms. The molecular weight excluding hydrogens is 248 g/mol. The molecule has 2 N–H and O–H groups in total. The molecule has 1 saturated carbocycles. The predicted molar refractivity (Wildman–Crippen MR) is 64.7 cm³/mol. The van der Waals surface area contributed by atoms with Crippen LogP contribution >= 0.6 is 0 Å². The van der Waals surface area contributed by atoms with Crippen LogP contribution < -0.4 is 5.32 Å². The standard InChI is InChI=1S/C11H14N6O2/c1-5(2)7-12-8(15-14-7)9(18)13-11-17-16-10(19-11)6-3-4-6/h5-6H,3-4H2,1-2H3,(H,12,14,15)(H,13,17,18). The van der Waals surface area contributed by atoms with Crippen molar-refractivity contribution in [2.24, 2.45) is 0 Å². The third-order valence-corrected chi connectivity index (χ3v) is 2.84. The molecule has 0 aromatic carbocycles. The van der Waals surface area contributed by atoms with Crippen LogP contribution in [0.1, 0.15) is 60.9 Å². The van der Waals surface area contributed by atoms with Gasteiger partial charge in [-0.15, -0.1) is 10.2 Å². The maximum absolute atomic E-state index is 11.9. The van der Waals surface area contributed by atoms with Gasteiger partial charge in [-0.3, -0.25) is 15.2 Å². The Bertz CT molecular complexity index is 598. The quantitative estimate of drug-likeness (QED) is 0.862. The van der Waals surface area contributed by atoms with Crippen molar-refractivity contribution in [1.29, 1.82) is 0 Å². The maximum Gasteiger partial charge on any atom is 0.322 e. The van der Waals surface area contributed by atoms with E-state index in [1.165, 1.54) is 0 Å². The minimum atomic E-state index is -0.464. The zero-order valence-corrected chi connectivity index (χ0v) is 10.7. The fraction of sp³-hybridized carbons (Fsp3) is 0.545. The fourth-order valence-corrected chi connectivity index (χ4v) is 1.57. The Balaban J connectivity index is 1.68. The SMILES string of the molecule is CC(C)c1nc(C(=O)Nc2nnc(C3CC3)o2)n[nH]1. The van der Waals surface area contributed by atoms with Gasteiger partial charge in [0.1, 0.15) is 5.82 Å². The van der Waals surface area contributed by atoms with Gasteiger partial charge >= 0.3 is 6.01 Å². The minimum Gasteiger partial charge on any atom is -0.408 e. The van der Waals surface area contributed by atoms with Gasteiger partial charge in [-0.25, -0.2) is 4.98 Å². The summed E-state index contributed by atoms with van der Waals surface area (Å²) in [6.07, 6.45) is 2.13. The highest BCUT2D eigenvalue weighted by atomic mass is 16.4. The summed E-state index contributed by atoms with van der Waals surface area (Å²) in [4.78, 5) is 16.0. The number of nitrogens with zero attached hydrogens (tertiary/aromatic N) is 4. The largest absolute Gasteiger partial charge is 0.408 e. The Labute approximate surface area is 109 Å². The second-order valence-corrected chi connectivity index (χ2v) is 4.87. The number of hydrogen-bond acceptors (Lipinski definition) is 6. The zero-order chi connectivity index (χ0) is 13.4. The van der Waals surface area contributed by atoms with E-state index in [9.17, 15) is 4.79 Å². The lowest BCUT2D eigenvalue weighted by Gasteiger charge is -1.96. The number of amides is 1. The lowest BCUT2D eigenvalue weighted by atomic mass is 10.2. The molecule has 8 heteroatoms. The first-order valence-electron chi connectivity index (χ1n) is 6.20. The van der Waals surface area contributed by atoms with Gasteiger partial charge in [-0.05, 0) is 12.8 Å². The highest BCUT2D eigenvalue weighted by Crippen LogP contribution is 2.39. The normalized spacial score (nSPS) is 14.9. The number of carbonyl (C=O) groups is 1. The molecule has 2 aromatic rings. The summed E-state index contributed by atoms with van der Waals surface area (Å²) in [5.74, 6) is 1.37. The van der Waals surface area contributed by atoms with Gasteiger partial charge in [0, 0.05) is 11.8 Å². The Morgan fingerprint density at radius 2 is 2.21 bits per heavy atom. The molecule has 100 valence electrons. The topological polar surface area (TPSA) is 110 Å². The number of aromatic amines is 1. The van der Waals surface area contributed by atoms with Crippen molar-refractivity contribution >= 4 is 11.9 Å². The van der Waals surface area contributed by atoms with Gasteiger partial charge in [0.05, 0.1) is 0 Å². The molecule has 8 nitrogen and oxygen atoms in total. The molecule has 2 heterocycles. The monoisotopic (exact) mass is 262 g/mol. The predicted octanol–water partition coefficient (Wildman–Crippen LogP) is 1.44. The molecule has 1 aliphatic carbocycles. The number of anilines is 1. The Morgan fingerprint density at radius 3 is 2.84 bits per heavy atom. The van der Waals surface area contributed by atoms with Crippen molar-refractivity contribution in [1.82, 2.24) is 25.4 Å². The molecule has 0 atom stereocenters. The van der Waals surface area contributed by atoms with E-state index in [1.54, 1.807) is 0 Å². The van der Waals surface area contributed by atoms with Crippen LogP contribution in [0.5, 0.6) is 0 Å². The van der Waals surface area contributed by atoms with Gasteiger partial charge in [-0.1, -0.05) is 18.9 Å². The first kappa shape index (κ1) is 11.8. The number of carbonyl (C=O) groups excluding carboxylic acids is 1. The van der Waals surface area contributed by atoms with Crippen molar-refractivity contribution in [2.75, 3.05) is 5.32 Å². The average molecular weight is 262 g/mol. The van der Waals surface area contributed by atoms with Crippen LogP contribution in [0.15, 0.2) is 4.42 Å². The van der Waals surface area contributed by atoms with Crippen LogP contribution in [0, 0.1) is 0 Å². The summed E-state index contributed by atoms with van der Waals surface area (Å²) >= 11 is 0. The highest BCUT2D eigenvalue weighted by molar-refractivity contribution is 6.00. The molecule has 0 bridgehead atoms. The maximum atomic E-state index is 11.9. The number of H-pyrrole nitrogens is 1. The molecule has 0 radical (unpaired) electrons. The van der Waals surface area contributed by atoms with E-state index >= 15 is 0 Å². The molecule has 3 rings (SSSR count). The summed E-state index contributed by atoms with van der Waals surface area (Å²) in [6.45, 7) is 3.92. The second-order valence-electron chi connectivity index (χ2n) is 4.87. The Kier molecular flexibility index (Phi) is 2.77. The van der Waals surface area contributed by atoms with Crippen molar-refractivity contribution < 1.29 is 9.21 Å². The summed E-state index contributed by atoms with van der Waals surface area (Å²) in [5, 5.41) is 16.7. The van der Waals surface area contributed by atoms with E-state index in [-0.39, 0.29) is 17.8 Å². The van der Waals surface area contributed by atoms with Crippen LogP contribution in [-0.2, 0) is 0 Å². The van der Waals surface area contributed by atoms with E-state index in [0.717, 1.165) is 12.8 Å². The third-order valence-electron chi connectivity index (χ3n) is 2.84. The van der Waals surface area contributed by atoms with Crippen molar-refractivity contribution in [3.8, 4) is 0 Å². The van der Waals surface area contributed by atoms with E-state index in [0.29, 0.717) is 17.6 Å². The molecular formula is C11H14N6O2. The first-order valence-corrected chi connectivity index (χ1v) is 6.20. The van der Waals surface area contributed by atoms with Gasteiger partial charge in [0.2, 0.25) is 11.7 Å². The van der Waals surface area contributed by atoms with E-state index in [4.69, 9.17) is 4.42 Å². The van der Waals surface area contributed by atoms with Crippen molar-refractivity contribution in [3.63, 3.8) is 0 Å². The summed E-state index contributed by atoms with van der Waals surface area (Å²) in [5.41, 5.74) is 0. The lowest BCUT2D eigenvalue weighted by molar-refractivity contribution is 0.101. The van der Waals surface area contributed by atoms with Crippen LogP contribution in [0.3, 0.4) is 0 Å². The summed E-state index contributed by atoms with van der Waals surface area (Å²) < 4.78 is 5.33. The van der Waals surface area contributed by atoms with Crippen LogP contribution in [0.2, 0.25) is 0 Å². The Morgan fingerprint density at radius 1 is 1.42 bits per heavy atom. The van der Waals surface area contributed by atoms with Gasteiger partial charge in [-0.2, -0.15) is 0 Å². The molecule has 1 amide bonds. The fourth-order valence-electron chi connectivity index (χ4n) is 1.57. The molecule has 0 unspecified atom stereocenters. The minimum absolute atomic E-state index is 0.0647. The number of aromatic nitrogens is 5. The Hall–Kier alpha value is -2.25. The smallest absolute Gasteiger partial charge is 0.322 e. The first-order chi connectivity index (χ1) is 9.13. The number of hydrogen-bond donors (Lipinski definition) is 2. The van der Waals surface area contributed by atoms with Crippen LogP contribution in [0.4, 0.5) is 6.01 Å². The molecule has 2 aromatic heterocycles. The molecule has 0 saturated heterocycles. The van der Waals surface area contributed by atoms with Gasteiger partial charge < -0.3 is 4.42 Å². The molecule has 1 fully saturated rings. The molecule has 1 aliphatic rings. The van der Waals surface area contributed by atoms with E-state index < -0.39 is 5.91 Å². The zero-order valence-electron chi connectivity index (χ0n) is 10.7. The van der Waals surface area contributed by atoms with Crippen LogP contribution in [0.25, 0.3) is 0 Å². The second kappa shape index (κ2) is 4.45. The molecule has 0 aliphatic heterocycles. The highest BCUT2D eigenvalue weighted by Gasteiger charge is 2.29. The van der Waals surface area contributed by atoms with Crippen molar-refractivity contribution in [2.45, 2.75) is 38.5 Å². The lowest BCUT2D eigenvalue weighted by Crippen LogP contribution is -2.14. The summed E-state index contributed by atoms with van der Waals surface area (Å²) in [7, 11) is 0. The average Bonchev–Trinajstić information content (AvgIpc) is 2.92. The van der Waals surface area contributed by atoms with E-state index in [1.807, 2.05) is 13.8 Å². The molecule has 19 heavy (non-hydrogen) atoms. The van der Waals surface area contributed by atoms with Crippen LogP contribution in [-0.4, -0.2) is 31.3 Å². The van der Waals surface area contributed by atoms with Gasteiger partial charge in [0.25, 0.3) is 5.91 Å². The third kappa shape index (κ3) is 2.47. The van der Waals surface area contributed by atoms with E-state index in [2.05, 4.69) is 30.7 Å². The number of rotatable bonds is 4.